The Hall–Kier alpha value is -3.62. The zero-order chi connectivity index (χ0) is 23.8. The Morgan fingerprint density at radius 2 is 1.77 bits per heavy atom. The van der Waals surface area contributed by atoms with Gasteiger partial charge < -0.3 is 29.2 Å². The maximum absolute atomic E-state index is 6.37. The number of hydrogen-bond donors (Lipinski definition) is 1. The first-order valence-electron chi connectivity index (χ1n) is 12.0. The van der Waals surface area contributed by atoms with Crippen molar-refractivity contribution in [3.63, 3.8) is 0 Å². The van der Waals surface area contributed by atoms with Gasteiger partial charge in [-0.05, 0) is 42.7 Å². The molecule has 0 unspecified atom stereocenters. The molecule has 4 aromatic rings. The summed E-state index contributed by atoms with van der Waals surface area (Å²) in [7, 11) is 1.64. The molecule has 180 valence electrons. The van der Waals surface area contributed by atoms with Crippen LogP contribution >= 0.6 is 0 Å². The zero-order valence-corrected chi connectivity index (χ0v) is 19.6. The molecule has 1 aliphatic carbocycles. The molecule has 0 bridgehead atoms. The van der Waals surface area contributed by atoms with Gasteiger partial charge in [0.25, 0.3) is 0 Å². The second-order valence-electron chi connectivity index (χ2n) is 9.03. The molecule has 0 atom stereocenters. The summed E-state index contributed by atoms with van der Waals surface area (Å²) in [6, 6.07) is 15.8. The van der Waals surface area contributed by atoms with Crippen LogP contribution in [0.25, 0.3) is 22.2 Å². The van der Waals surface area contributed by atoms with Crippen LogP contribution in [0, 0.1) is 0 Å². The van der Waals surface area contributed by atoms with Crippen LogP contribution in [0.5, 0.6) is 17.2 Å². The van der Waals surface area contributed by atoms with Gasteiger partial charge >= 0.3 is 0 Å². The molecular weight excluding hydrogens is 444 g/mol. The smallest absolute Gasteiger partial charge is 0.169 e. The number of hydrogen-bond acceptors (Lipinski definition) is 7. The molecule has 1 aliphatic heterocycles. The van der Waals surface area contributed by atoms with E-state index in [0.717, 1.165) is 53.6 Å². The van der Waals surface area contributed by atoms with Crippen LogP contribution in [0.1, 0.15) is 31.7 Å². The Morgan fingerprint density at radius 3 is 2.51 bits per heavy atom. The van der Waals surface area contributed by atoms with Crippen LogP contribution in [0.15, 0.2) is 61.1 Å². The standard InChI is InChI=1S/C27H28N4O4/c1-32-23-15-18(7-8-22(23)35-20-5-3-2-4-6-20)21-16-31(26-24(21)25(28)29-17-30-26)19-9-11-27(12-10-19)33-13-14-34-27/h2-8,15-17,19H,9-14H2,1H3,(H2,28,29,30). The van der Waals surface area contributed by atoms with E-state index >= 15 is 0 Å². The summed E-state index contributed by atoms with van der Waals surface area (Å²) in [5.74, 6) is 2.08. The molecule has 1 saturated heterocycles. The Balaban J connectivity index is 1.36. The number of rotatable bonds is 5. The highest BCUT2D eigenvalue weighted by atomic mass is 16.7. The first-order chi connectivity index (χ1) is 17.2. The summed E-state index contributed by atoms with van der Waals surface area (Å²) in [5.41, 5.74) is 9.14. The number of benzene rings is 2. The predicted octanol–water partition coefficient (Wildman–Crippen LogP) is 5.34. The number of nitrogens with zero attached hydrogens (tertiary/aromatic N) is 3. The quantitative estimate of drug-likeness (QED) is 0.419. The number of para-hydroxylation sites is 1. The van der Waals surface area contributed by atoms with E-state index in [1.807, 2.05) is 48.5 Å². The SMILES string of the molecule is COc1cc(-c2cn(C3CCC4(CC3)OCCO4)c3ncnc(N)c23)ccc1Oc1ccccc1. The first-order valence-corrected chi connectivity index (χ1v) is 12.0. The maximum atomic E-state index is 6.37. The van der Waals surface area contributed by atoms with Crippen LogP contribution in [0.3, 0.4) is 0 Å². The average molecular weight is 473 g/mol. The minimum atomic E-state index is -0.405. The zero-order valence-electron chi connectivity index (χ0n) is 19.6. The summed E-state index contributed by atoms with van der Waals surface area (Å²) in [6.45, 7) is 1.35. The monoisotopic (exact) mass is 472 g/mol. The number of fused-ring (bicyclic) bond motifs is 1. The Labute approximate surface area is 203 Å². The molecule has 0 radical (unpaired) electrons. The lowest BCUT2D eigenvalue weighted by molar-refractivity contribution is -0.181. The Morgan fingerprint density at radius 1 is 1.00 bits per heavy atom. The third-order valence-corrected chi connectivity index (χ3v) is 7.01. The van der Waals surface area contributed by atoms with Crippen LogP contribution in [0.4, 0.5) is 5.82 Å². The van der Waals surface area contributed by atoms with Gasteiger partial charge in [-0.15, -0.1) is 0 Å². The van der Waals surface area contributed by atoms with E-state index in [1.165, 1.54) is 6.33 Å². The van der Waals surface area contributed by atoms with Gasteiger partial charge in [0, 0.05) is 30.6 Å². The number of methoxy groups -OCH3 is 1. The topological polar surface area (TPSA) is 93.7 Å². The van der Waals surface area contributed by atoms with Crippen molar-refractivity contribution < 1.29 is 18.9 Å². The van der Waals surface area contributed by atoms with Gasteiger partial charge in [0.1, 0.15) is 23.5 Å². The molecule has 2 aromatic carbocycles. The molecule has 35 heavy (non-hydrogen) atoms. The van der Waals surface area contributed by atoms with Crippen molar-refractivity contribution in [1.82, 2.24) is 14.5 Å². The van der Waals surface area contributed by atoms with Crippen molar-refractivity contribution in [3.8, 4) is 28.4 Å². The van der Waals surface area contributed by atoms with Crippen molar-refractivity contribution >= 4 is 16.9 Å². The lowest BCUT2D eigenvalue weighted by atomic mass is 9.90. The third-order valence-electron chi connectivity index (χ3n) is 7.01. The molecule has 1 spiro atoms. The molecule has 6 rings (SSSR count). The molecule has 2 N–H and O–H groups in total. The molecule has 3 heterocycles. The van der Waals surface area contributed by atoms with Gasteiger partial charge in [-0.2, -0.15) is 0 Å². The molecule has 1 saturated carbocycles. The summed E-state index contributed by atoms with van der Waals surface area (Å²) >= 11 is 0. The molecule has 2 aliphatic rings. The lowest BCUT2D eigenvalue weighted by Gasteiger charge is -2.36. The summed E-state index contributed by atoms with van der Waals surface area (Å²) < 4.78 is 25.8. The molecule has 8 nitrogen and oxygen atoms in total. The van der Waals surface area contributed by atoms with E-state index < -0.39 is 5.79 Å². The normalized spacial score (nSPS) is 17.7. The minimum Gasteiger partial charge on any atom is -0.493 e. The third kappa shape index (κ3) is 3.98. The van der Waals surface area contributed by atoms with E-state index in [1.54, 1.807) is 7.11 Å². The van der Waals surface area contributed by atoms with Gasteiger partial charge in [-0.1, -0.05) is 24.3 Å². The van der Waals surface area contributed by atoms with Gasteiger partial charge in [0.15, 0.2) is 17.3 Å². The summed E-state index contributed by atoms with van der Waals surface area (Å²) in [5, 5.41) is 0.847. The number of anilines is 1. The number of nitrogens with two attached hydrogens (primary N) is 1. The summed E-state index contributed by atoms with van der Waals surface area (Å²) in [4.78, 5) is 8.90. The van der Waals surface area contributed by atoms with Crippen molar-refractivity contribution in [2.24, 2.45) is 0 Å². The van der Waals surface area contributed by atoms with E-state index in [-0.39, 0.29) is 6.04 Å². The fraction of sp³-hybridized carbons (Fsp3) is 0.333. The van der Waals surface area contributed by atoms with Gasteiger partial charge in [-0.25, -0.2) is 9.97 Å². The fourth-order valence-electron chi connectivity index (χ4n) is 5.25. The van der Waals surface area contributed by atoms with E-state index in [0.29, 0.717) is 30.5 Å². The second-order valence-corrected chi connectivity index (χ2v) is 9.03. The van der Waals surface area contributed by atoms with Crippen LogP contribution in [-0.4, -0.2) is 40.6 Å². The first kappa shape index (κ1) is 21.9. The molecular formula is C27H28N4O4. The summed E-state index contributed by atoms with van der Waals surface area (Å²) in [6.07, 6.45) is 7.30. The largest absolute Gasteiger partial charge is 0.493 e. The maximum Gasteiger partial charge on any atom is 0.169 e. The van der Waals surface area contributed by atoms with Gasteiger partial charge in [0.2, 0.25) is 0 Å². The van der Waals surface area contributed by atoms with Crippen molar-refractivity contribution in [1.29, 1.82) is 0 Å². The van der Waals surface area contributed by atoms with E-state index in [4.69, 9.17) is 24.7 Å². The Kier molecular flexibility index (Phi) is 5.54. The molecule has 2 aromatic heterocycles. The number of nitrogen functional groups attached to an aromatic ring is 1. The number of ether oxygens (including phenoxy) is 4. The van der Waals surface area contributed by atoms with Crippen molar-refractivity contribution in [3.05, 3.63) is 61.1 Å². The Bertz CT molecular complexity index is 1340. The fourth-order valence-corrected chi connectivity index (χ4v) is 5.25. The molecule has 0 amide bonds. The van der Waals surface area contributed by atoms with Crippen LogP contribution in [0.2, 0.25) is 0 Å². The lowest BCUT2D eigenvalue weighted by Crippen LogP contribution is -2.35. The molecule has 8 heteroatoms. The average Bonchev–Trinajstić information content (AvgIpc) is 3.51. The van der Waals surface area contributed by atoms with E-state index in [2.05, 4.69) is 20.7 Å². The van der Waals surface area contributed by atoms with Crippen LogP contribution in [-0.2, 0) is 9.47 Å². The van der Waals surface area contributed by atoms with Gasteiger partial charge in [-0.3, -0.25) is 0 Å². The molecule has 2 fully saturated rings. The van der Waals surface area contributed by atoms with Gasteiger partial charge in [0.05, 0.1) is 25.7 Å². The predicted molar refractivity (Wildman–Crippen MR) is 133 cm³/mol. The highest BCUT2D eigenvalue weighted by Crippen LogP contribution is 2.44. The highest BCUT2D eigenvalue weighted by molar-refractivity contribution is 6.01. The van der Waals surface area contributed by atoms with Crippen molar-refractivity contribution in [2.45, 2.75) is 37.5 Å². The van der Waals surface area contributed by atoms with Crippen LogP contribution < -0.4 is 15.2 Å². The number of aromatic nitrogens is 3. The minimum absolute atomic E-state index is 0.279. The second kappa shape index (κ2) is 8.87. The van der Waals surface area contributed by atoms with Crippen molar-refractivity contribution in [2.75, 3.05) is 26.1 Å². The van der Waals surface area contributed by atoms with E-state index in [9.17, 15) is 0 Å². The highest BCUT2D eigenvalue weighted by Gasteiger charge is 2.41.